The highest BCUT2D eigenvalue weighted by atomic mass is 35.5. The number of benzene rings is 2. The highest BCUT2D eigenvalue weighted by molar-refractivity contribution is 7.07. The molecule has 2 heterocycles. The Morgan fingerprint density at radius 2 is 1.83 bits per heavy atom. The van der Waals surface area contributed by atoms with Crippen LogP contribution >= 0.6 is 22.9 Å². The lowest BCUT2D eigenvalue weighted by molar-refractivity contribution is -0.124. The van der Waals surface area contributed by atoms with Crippen molar-refractivity contribution >= 4 is 46.4 Å². The normalized spacial score (nSPS) is 13.7. The Bertz CT molecular complexity index is 1300. The van der Waals surface area contributed by atoms with Crippen molar-refractivity contribution < 1.29 is 9.59 Å². The number of hydrogen-bond acceptors (Lipinski definition) is 5. The van der Waals surface area contributed by atoms with Gasteiger partial charge in [0.25, 0.3) is 5.91 Å². The van der Waals surface area contributed by atoms with Crippen molar-refractivity contribution in [1.82, 2.24) is 15.0 Å². The predicted octanol–water partition coefficient (Wildman–Crippen LogP) is 6.53. The number of amides is 2. The summed E-state index contributed by atoms with van der Waals surface area (Å²) in [6.07, 6.45) is 4.22. The third-order valence-corrected chi connectivity index (χ3v) is 6.77. The monoisotopic (exact) mass is 507 g/mol. The zero-order chi connectivity index (χ0) is 24.8. The first-order valence-electron chi connectivity index (χ1n) is 11.5. The lowest BCUT2D eigenvalue weighted by Crippen LogP contribution is -2.46. The largest absolute Gasteiger partial charge is 0.324 e. The molecule has 2 aromatic heterocycles. The van der Waals surface area contributed by atoms with Crippen molar-refractivity contribution in [2.45, 2.75) is 38.5 Å². The summed E-state index contributed by atoms with van der Waals surface area (Å²) in [7, 11) is 0. The molecule has 35 heavy (non-hydrogen) atoms. The number of rotatable bonds is 6. The van der Waals surface area contributed by atoms with Gasteiger partial charge in [0, 0.05) is 16.1 Å². The molecule has 5 rings (SSSR count). The molecule has 1 aliphatic rings. The number of aromatic amines is 1. The first-order valence-corrected chi connectivity index (χ1v) is 12.8. The fourth-order valence-corrected chi connectivity index (χ4v) is 4.70. The molecule has 7 nitrogen and oxygen atoms in total. The molecule has 2 amide bonds. The van der Waals surface area contributed by atoms with Crippen LogP contribution in [0, 0.1) is 0 Å². The number of carbonyl (C=O) groups is 2. The summed E-state index contributed by atoms with van der Waals surface area (Å²) < 4.78 is 0. The Morgan fingerprint density at radius 3 is 2.46 bits per heavy atom. The van der Waals surface area contributed by atoms with Crippen LogP contribution in [0.2, 0.25) is 5.02 Å². The molecular formula is C26H26ClN5O2S. The zero-order valence-electron chi connectivity index (χ0n) is 19.5. The molecule has 0 unspecified atom stereocenters. The quantitative estimate of drug-likeness (QED) is 0.276. The number of nitrogens with zero attached hydrogens (tertiary/aromatic N) is 2. The summed E-state index contributed by atoms with van der Waals surface area (Å²) in [6.45, 7) is 4.00. The highest BCUT2D eigenvalue weighted by Gasteiger charge is 2.46. The smallest absolute Gasteiger partial charge is 0.275 e. The summed E-state index contributed by atoms with van der Waals surface area (Å²) in [5.74, 6) is 0.0568. The van der Waals surface area contributed by atoms with Gasteiger partial charge in [-0.1, -0.05) is 56.1 Å². The third kappa shape index (κ3) is 5.28. The SMILES string of the molecule is CC.O=C(Nc1ccc(-c2cnc(NC(=O)C3(c4cccc(Cl)c4)CCC3)[nH]2)cc1)c1cscn1. The molecule has 1 fully saturated rings. The maximum atomic E-state index is 13.2. The first kappa shape index (κ1) is 24.6. The summed E-state index contributed by atoms with van der Waals surface area (Å²) >= 11 is 7.53. The Morgan fingerprint density at radius 1 is 1.06 bits per heavy atom. The Kier molecular flexibility index (Phi) is 7.63. The second-order valence-corrected chi connectivity index (χ2v) is 9.11. The molecule has 2 aromatic carbocycles. The van der Waals surface area contributed by atoms with E-state index >= 15 is 0 Å². The van der Waals surface area contributed by atoms with Crippen LogP contribution in [0.1, 0.15) is 49.2 Å². The Hall–Kier alpha value is -3.49. The van der Waals surface area contributed by atoms with E-state index < -0.39 is 5.41 Å². The van der Waals surface area contributed by atoms with Gasteiger partial charge in [0.1, 0.15) is 5.69 Å². The summed E-state index contributed by atoms with van der Waals surface area (Å²) in [4.78, 5) is 36.8. The number of anilines is 2. The fourth-order valence-electron chi connectivity index (χ4n) is 3.97. The lowest BCUT2D eigenvalue weighted by Gasteiger charge is -2.40. The van der Waals surface area contributed by atoms with Crippen molar-refractivity contribution in [3.63, 3.8) is 0 Å². The van der Waals surface area contributed by atoms with Crippen molar-refractivity contribution in [3.8, 4) is 11.3 Å². The maximum Gasteiger partial charge on any atom is 0.275 e. The molecule has 4 aromatic rings. The number of carbonyl (C=O) groups excluding carboxylic acids is 2. The van der Waals surface area contributed by atoms with Crippen LogP contribution in [0.25, 0.3) is 11.3 Å². The summed E-state index contributed by atoms with van der Waals surface area (Å²) in [6, 6.07) is 14.9. The molecule has 3 N–H and O–H groups in total. The van der Waals surface area contributed by atoms with E-state index in [0.717, 1.165) is 36.1 Å². The number of imidazole rings is 1. The number of nitrogens with one attached hydrogen (secondary N) is 3. The minimum absolute atomic E-state index is 0.0861. The van der Waals surface area contributed by atoms with Crippen molar-refractivity contribution in [2.24, 2.45) is 0 Å². The van der Waals surface area contributed by atoms with Gasteiger partial charge >= 0.3 is 0 Å². The van der Waals surface area contributed by atoms with E-state index in [-0.39, 0.29) is 11.8 Å². The molecule has 1 saturated carbocycles. The van der Waals surface area contributed by atoms with Gasteiger partial charge in [0.2, 0.25) is 11.9 Å². The standard InChI is InChI=1S/C24H20ClN5O2S.C2H6/c25-17-4-1-3-16(11-17)24(9-2-10-24)22(32)30-23-26-12-19(29-23)15-5-7-18(8-6-15)28-21(31)20-13-33-14-27-20;1-2/h1,3-8,11-14H,2,9-10H2,(H,28,31)(H2,26,29,30,32);1-2H3. The van der Waals surface area contributed by atoms with Gasteiger partial charge in [-0.3, -0.25) is 14.9 Å². The second-order valence-electron chi connectivity index (χ2n) is 7.95. The number of hydrogen-bond donors (Lipinski definition) is 3. The van der Waals surface area contributed by atoms with Gasteiger partial charge in [-0.25, -0.2) is 9.97 Å². The van der Waals surface area contributed by atoms with Gasteiger partial charge < -0.3 is 10.3 Å². The molecule has 0 saturated heterocycles. The molecule has 0 spiro atoms. The molecule has 0 atom stereocenters. The minimum Gasteiger partial charge on any atom is -0.324 e. The van der Waals surface area contributed by atoms with Crippen LogP contribution < -0.4 is 10.6 Å². The molecule has 0 radical (unpaired) electrons. The van der Waals surface area contributed by atoms with Crippen molar-refractivity contribution in [3.05, 3.63) is 81.9 Å². The van der Waals surface area contributed by atoms with Crippen LogP contribution in [0.15, 0.2) is 65.6 Å². The minimum atomic E-state index is -0.574. The number of aromatic nitrogens is 3. The average Bonchev–Trinajstić information content (AvgIpc) is 3.53. The van der Waals surface area contributed by atoms with Crippen LogP contribution in [0.4, 0.5) is 11.6 Å². The molecular weight excluding hydrogens is 482 g/mol. The van der Waals surface area contributed by atoms with Gasteiger partial charge in [0.05, 0.1) is 22.8 Å². The predicted molar refractivity (Wildman–Crippen MR) is 141 cm³/mol. The molecule has 1 aliphatic carbocycles. The molecule has 9 heteroatoms. The van der Waals surface area contributed by atoms with Crippen molar-refractivity contribution in [2.75, 3.05) is 10.6 Å². The Labute approximate surface area is 213 Å². The van der Waals surface area contributed by atoms with Gasteiger partial charge in [-0.2, -0.15) is 0 Å². The van der Waals surface area contributed by atoms with Crippen molar-refractivity contribution in [1.29, 1.82) is 0 Å². The molecule has 0 aliphatic heterocycles. The second kappa shape index (κ2) is 10.8. The van der Waals surface area contributed by atoms with E-state index in [1.807, 2.05) is 50.2 Å². The fraction of sp³-hybridized carbons (Fsp3) is 0.231. The molecule has 180 valence electrons. The van der Waals surface area contributed by atoms with E-state index in [4.69, 9.17) is 11.6 Å². The number of halogens is 1. The van der Waals surface area contributed by atoms with E-state index in [0.29, 0.717) is 22.4 Å². The van der Waals surface area contributed by atoms with Crippen LogP contribution in [0.5, 0.6) is 0 Å². The first-order chi connectivity index (χ1) is 17.0. The van der Waals surface area contributed by atoms with E-state index in [1.54, 1.807) is 29.2 Å². The Balaban J connectivity index is 0.00000141. The number of H-pyrrole nitrogens is 1. The van der Waals surface area contributed by atoms with Gasteiger partial charge in [-0.05, 0) is 48.2 Å². The van der Waals surface area contributed by atoms with Crippen LogP contribution in [0.3, 0.4) is 0 Å². The van der Waals surface area contributed by atoms with E-state index in [9.17, 15) is 9.59 Å². The van der Waals surface area contributed by atoms with E-state index in [1.165, 1.54) is 11.3 Å². The zero-order valence-corrected chi connectivity index (χ0v) is 21.0. The maximum absolute atomic E-state index is 13.2. The van der Waals surface area contributed by atoms with Crippen LogP contribution in [-0.4, -0.2) is 26.8 Å². The van der Waals surface area contributed by atoms with Crippen LogP contribution in [-0.2, 0) is 10.2 Å². The van der Waals surface area contributed by atoms with E-state index in [2.05, 4.69) is 25.6 Å². The van der Waals surface area contributed by atoms with Gasteiger partial charge in [0.15, 0.2) is 0 Å². The molecule has 0 bridgehead atoms. The lowest BCUT2D eigenvalue weighted by atomic mass is 9.64. The average molecular weight is 508 g/mol. The summed E-state index contributed by atoms with van der Waals surface area (Å²) in [5.41, 5.74) is 4.67. The van der Waals surface area contributed by atoms with Gasteiger partial charge in [-0.15, -0.1) is 11.3 Å². The topological polar surface area (TPSA) is 99.8 Å². The highest BCUT2D eigenvalue weighted by Crippen LogP contribution is 2.45. The summed E-state index contributed by atoms with van der Waals surface area (Å²) in [5, 5.41) is 8.07. The number of thiazole rings is 1. The third-order valence-electron chi connectivity index (χ3n) is 5.95.